The largest absolute Gasteiger partial charge is 0.426 e. The smallest absolute Gasteiger partial charge is 0.308 e. The Labute approximate surface area is 134 Å². The van der Waals surface area contributed by atoms with Gasteiger partial charge in [0.1, 0.15) is 18.0 Å². The number of hydrogen-bond donors (Lipinski definition) is 2. The molecule has 0 aromatic heterocycles. The third-order valence-electron chi connectivity index (χ3n) is 2.98. The summed E-state index contributed by atoms with van der Waals surface area (Å²) in [6.07, 6.45) is 0. The molecule has 5 nitrogen and oxygen atoms in total. The predicted octanol–water partition coefficient (Wildman–Crippen LogP) is 3.94. The van der Waals surface area contributed by atoms with E-state index >= 15 is 0 Å². The van der Waals surface area contributed by atoms with Crippen LogP contribution in [0.2, 0.25) is 0 Å². The Morgan fingerprint density at radius 2 is 1.91 bits per heavy atom. The van der Waals surface area contributed by atoms with Gasteiger partial charge in [-0.05, 0) is 23.8 Å². The van der Waals surface area contributed by atoms with E-state index in [2.05, 4.69) is 10.0 Å². The van der Waals surface area contributed by atoms with Crippen LogP contribution in [0.15, 0.2) is 42.5 Å². The van der Waals surface area contributed by atoms with Crippen molar-refractivity contribution < 1.29 is 13.7 Å². The average Bonchev–Trinajstić information content (AvgIpc) is 2.53. The summed E-state index contributed by atoms with van der Waals surface area (Å²) >= 11 is 1.14. The van der Waals surface area contributed by atoms with E-state index in [1.807, 2.05) is 43.4 Å². The quantitative estimate of drug-likeness (QED) is 0.364. The number of nitrogens with one attached hydrogen (secondary N) is 2. The number of rotatable bonds is 6. The van der Waals surface area contributed by atoms with E-state index in [0.717, 1.165) is 34.7 Å². The van der Waals surface area contributed by atoms with Gasteiger partial charge in [0.25, 0.3) is 0 Å². The normalized spacial score (nSPS) is 10.1. The highest BCUT2D eigenvalue weighted by Crippen LogP contribution is 2.35. The fraction of sp³-hybridized carbons (Fsp3) is 0.188. The lowest BCUT2D eigenvalue weighted by Gasteiger charge is -2.14. The fourth-order valence-electron chi connectivity index (χ4n) is 2.04. The molecule has 2 aromatic carbocycles. The predicted molar refractivity (Wildman–Crippen MR) is 91.0 cm³/mol. The van der Waals surface area contributed by atoms with Crippen LogP contribution < -0.4 is 14.8 Å². The molecule has 0 aliphatic heterocycles. The standard InChI is InChI=1S/C16H18N2O3S/c1-11(19)21-16-7-5-4-6-13(16)12-8-9-14(18-22-20-3)15(10-12)17-2/h4-10,17-18H,1-3H3. The Morgan fingerprint density at radius 3 is 2.59 bits per heavy atom. The van der Waals surface area contributed by atoms with Gasteiger partial charge in [-0.3, -0.25) is 4.79 Å². The molecule has 0 saturated heterocycles. The maximum absolute atomic E-state index is 11.2. The van der Waals surface area contributed by atoms with Crippen LogP contribution in [0.3, 0.4) is 0 Å². The molecule has 116 valence electrons. The molecule has 0 unspecified atom stereocenters. The van der Waals surface area contributed by atoms with E-state index in [4.69, 9.17) is 8.92 Å². The van der Waals surface area contributed by atoms with Crippen LogP contribution >= 0.6 is 12.2 Å². The Morgan fingerprint density at radius 1 is 1.14 bits per heavy atom. The van der Waals surface area contributed by atoms with Gasteiger partial charge < -0.3 is 19.0 Å². The molecule has 0 bridgehead atoms. The number of esters is 1. The van der Waals surface area contributed by atoms with E-state index < -0.39 is 0 Å². The summed E-state index contributed by atoms with van der Waals surface area (Å²) in [5.74, 6) is 0.208. The van der Waals surface area contributed by atoms with Crippen LogP contribution in [0.4, 0.5) is 11.4 Å². The van der Waals surface area contributed by atoms with Crippen molar-refractivity contribution >= 4 is 29.6 Å². The monoisotopic (exact) mass is 318 g/mol. The zero-order chi connectivity index (χ0) is 15.9. The van der Waals surface area contributed by atoms with Crippen LogP contribution in [-0.4, -0.2) is 20.1 Å². The van der Waals surface area contributed by atoms with E-state index in [-0.39, 0.29) is 5.97 Å². The van der Waals surface area contributed by atoms with Crippen LogP contribution in [0, 0.1) is 0 Å². The third kappa shape index (κ3) is 3.93. The lowest BCUT2D eigenvalue weighted by Crippen LogP contribution is -2.02. The van der Waals surface area contributed by atoms with Gasteiger partial charge in [0.05, 0.1) is 18.5 Å². The molecule has 0 atom stereocenters. The van der Waals surface area contributed by atoms with Gasteiger partial charge in [-0.2, -0.15) is 0 Å². The minimum atomic E-state index is -0.337. The van der Waals surface area contributed by atoms with Crippen LogP contribution in [0.25, 0.3) is 11.1 Å². The molecule has 0 fully saturated rings. The van der Waals surface area contributed by atoms with Crippen molar-refractivity contribution in [3.05, 3.63) is 42.5 Å². The molecule has 0 saturated carbocycles. The maximum Gasteiger partial charge on any atom is 0.308 e. The first-order valence-electron chi connectivity index (χ1n) is 6.71. The number of hydrogen-bond acceptors (Lipinski definition) is 6. The summed E-state index contributed by atoms with van der Waals surface area (Å²) in [5.41, 5.74) is 3.64. The topological polar surface area (TPSA) is 59.6 Å². The van der Waals surface area contributed by atoms with Gasteiger partial charge >= 0.3 is 5.97 Å². The number of anilines is 2. The second-order valence-corrected chi connectivity index (χ2v) is 5.16. The van der Waals surface area contributed by atoms with E-state index in [1.165, 1.54) is 6.92 Å². The molecule has 0 heterocycles. The molecular formula is C16H18N2O3S. The Kier molecular flexibility index (Phi) is 5.68. The summed E-state index contributed by atoms with van der Waals surface area (Å²) in [7, 11) is 3.44. The highest BCUT2D eigenvalue weighted by molar-refractivity contribution is 7.96. The summed E-state index contributed by atoms with van der Waals surface area (Å²) in [5, 5.41) is 3.14. The first kappa shape index (κ1) is 16.2. The van der Waals surface area contributed by atoms with E-state index in [0.29, 0.717) is 5.75 Å². The van der Waals surface area contributed by atoms with Crippen molar-refractivity contribution in [1.29, 1.82) is 0 Å². The highest BCUT2D eigenvalue weighted by Gasteiger charge is 2.10. The van der Waals surface area contributed by atoms with Crippen LogP contribution in [0.5, 0.6) is 5.75 Å². The molecule has 6 heteroatoms. The number of carbonyl (C=O) groups is 1. The van der Waals surface area contributed by atoms with Crippen LogP contribution in [0.1, 0.15) is 6.92 Å². The first-order valence-corrected chi connectivity index (χ1v) is 7.45. The van der Waals surface area contributed by atoms with Crippen molar-refractivity contribution in [3.8, 4) is 16.9 Å². The van der Waals surface area contributed by atoms with Gasteiger partial charge in [-0.1, -0.05) is 24.3 Å². The van der Waals surface area contributed by atoms with Gasteiger partial charge in [0.2, 0.25) is 0 Å². The summed E-state index contributed by atoms with van der Waals surface area (Å²) < 4.78 is 13.3. The fourth-order valence-corrected chi connectivity index (χ4v) is 2.39. The Hall–Kier alpha value is -2.18. The van der Waals surface area contributed by atoms with Crippen molar-refractivity contribution in [3.63, 3.8) is 0 Å². The highest BCUT2D eigenvalue weighted by atomic mass is 32.2. The minimum Gasteiger partial charge on any atom is -0.426 e. The molecule has 22 heavy (non-hydrogen) atoms. The molecule has 0 spiro atoms. The van der Waals surface area contributed by atoms with Gasteiger partial charge in [0.15, 0.2) is 0 Å². The number of carbonyl (C=O) groups excluding carboxylic acids is 1. The van der Waals surface area contributed by atoms with Crippen molar-refractivity contribution in [2.45, 2.75) is 6.92 Å². The number of para-hydroxylation sites is 1. The first-order chi connectivity index (χ1) is 10.7. The van der Waals surface area contributed by atoms with Crippen molar-refractivity contribution in [2.75, 3.05) is 24.2 Å². The molecule has 0 aliphatic rings. The summed E-state index contributed by atoms with van der Waals surface area (Å²) in [4.78, 5) is 11.2. The van der Waals surface area contributed by atoms with Crippen LogP contribution in [-0.2, 0) is 8.98 Å². The lowest BCUT2D eigenvalue weighted by atomic mass is 10.0. The SMILES string of the molecule is CNc1cc(-c2ccccc2OC(C)=O)ccc1NSOC. The molecule has 2 N–H and O–H groups in total. The second kappa shape index (κ2) is 7.72. The van der Waals surface area contributed by atoms with Crippen molar-refractivity contribution in [1.82, 2.24) is 0 Å². The summed E-state index contributed by atoms with van der Waals surface area (Å²) in [6, 6.07) is 13.3. The van der Waals surface area contributed by atoms with Gasteiger partial charge in [-0.15, -0.1) is 0 Å². The zero-order valence-corrected chi connectivity index (χ0v) is 13.5. The average molecular weight is 318 g/mol. The maximum atomic E-state index is 11.2. The van der Waals surface area contributed by atoms with Gasteiger partial charge in [0, 0.05) is 19.5 Å². The molecule has 0 amide bonds. The Balaban J connectivity index is 2.39. The summed E-state index contributed by atoms with van der Waals surface area (Å²) in [6.45, 7) is 1.39. The van der Waals surface area contributed by atoms with E-state index in [1.54, 1.807) is 13.2 Å². The van der Waals surface area contributed by atoms with E-state index in [9.17, 15) is 4.79 Å². The van der Waals surface area contributed by atoms with Crippen molar-refractivity contribution in [2.24, 2.45) is 0 Å². The lowest BCUT2D eigenvalue weighted by molar-refractivity contribution is -0.131. The third-order valence-corrected chi connectivity index (χ3v) is 3.45. The molecule has 0 radical (unpaired) electrons. The second-order valence-electron chi connectivity index (χ2n) is 4.45. The number of benzene rings is 2. The molecule has 2 rings (SSSR count). The zero-order valence-electron chi connectivity index (χ0n) is 12.7. The minimum absolute atomic E-state index is 0.337. The Bertz CT molecular complexity index is 662. The van der Waals surface area contributed by atoms with Gasteiger partial charge in [-0.25, -0.2) is 0 Å². The molecule has 2 aromatic rings. The molecular weight excluding hydrogens is 300 g/mol. The number of ether oxygens (including phenoxy) is 1. The molecule has 0 aliphatic carbocycles.